The van der Waals surface area contributed by atoms with Crippen LogP contribution in [0.4, 0.5) is 5.82 Å². The number of hydrogen-bond acceptors (Lipinski definition) is 6. The van der Waals surface area contributed by atoms with E-state index in [0.29, 0.717) is 29.2 Å². The standard InChI is InChI=1S/C19H26N8O/c1-5-12(19(28)26-8-7-9-26)16-23-15(20)14-18(24-16)25(4)17(22-14)13-10-21-27(6-2)11(13)3/h10,12H,5-9H2,1-4H3,(H2,20,23,24). The van der Waals surface area contributed by atoms with Gasteiger partial charge in [0, 0.05) is 32.4 Å². The summed E-state index contributed by atoms with van der Waals surface area (Å²) in [5.41, 5.74) is 9.39. The number of aryl methyl sites for hydroxylation is 2. The molecule has 0 aromatic carbocycles. The number of nitrogen functional groups attached to an aromatic ring is 1. The van der Waals surface area contributed by atoms with E-state index in [1.165, 1.54) is 0 Å². The molecular formula is C19H26N8O. The first kappa shape index (κ1) is 18.4. The number of rotatable bonds is 5. The van der Waals surface area contributed by atoms with Crippen LogP contribution >= 0.6 is 0 Å². The van der Waals surface area contributed by atoms with Crippen molar-refractivity contribution in [2.45, 2.75) is 46.1 Å². The van der Waals surface area contributed by atoms with Gasteiger partial charge in [-0.05, 0) is 26.7 Å². The minimum Gasteiger partial charge on any atom is -0.382 e. The molecule has 1 aliphatic rings. The van der Waals surface area contributed by atoms with Gasteiger partial charge in [0.2, 0.25) is 5.91 Å². The molecule has 2 N–H and O–H groups in total. The van der Waals surface area contributed by atoms with Crippen molar-refractivity contribution in [1.29, 1.82) is 0 Å². The summed E-state index contributed by atoms with van der Waals surface area (Å²) in [5.74, 6) is 1.22. The molecule has 3 aromatic heterocycles. The van der Waals surface area contributed by atoms with Crippen molar-refractivity contribution in [3.05, 3.63) is 17.7 Å². The zero-order valence-corrected chi connectivity index (χ0v) is 16.8. The highest BCUT2D eigenvalue weighted by Crippen LogP contribution is 2.30. The molecule has 1 aliphatic heterocycles. The smallest absolute Gasteiger partial charge is 0.233 e. The van der Waals surface area contributed by atoms with Crippen molar-refractivity contribution in [2.24, 2.45) is 7.05 Å². The zero-order chi connectivity index (χ0) is 20.0. The lowest BCUT2D eigenvalue weighted by atomic mass is 10.0. The van der Waals surface area contributed by atoms with Crippen LogP contribution in [0.3, 0.4) is 0 Å². The van der Waals surface area contributed by atoms with Crippen LogP contribution in [0.2, 0.25) is 0 Å². The molecule has 28 heavy (non-hydrogen) atoms. The number of anilines is 1. The molecule has 1 amide bonds. The van der Waals surface area contributed by atoms with Crippen molar-refractivity contribution in [3.8, 4) is 11.4 Å². The van der Waals surface area contributed by atoms with Crippen LogP contribution in [0.25, 0.3) is 22.6 Å². The monoisotopic (exact) mass is 382 g/mol. The van der Waals surface area contributed by atoms with Crippen LogP contribution in [0.1, 0.15) is 44.1 Å². The summed E-state index contributed by atoms with van der Waals surface area (Å²) in [6.07, 6.45) is 3.50. The Balaban J connectivity index is 1.81. The van der Waals surface area contributed by atoms with E-state index in [4.69, 9.17) is 10.7 Å². The van der Waals surface area contributed by atoms with Crippen LogP contribution in [0.15, 0.2) is 6.20 Å². The van der Waals surface area contributed by atoms with E-state index in [2.05, 4.69) is 22.0 Å². The Morgan fingerprint density at radius 1 is 1.25 bits per heavy atom. The summed E-state index contributed by atoms with van der Waals surface area (Å²) in [5, 5.41) is 4.41. The predicted octanol–water partition coefficient (Wildman–Crippen LogP) is 1.86. The second-order valence-corrected chi connectivity index (χ2v) is 7.23. The first-order valence-electron chi connectivity index (χ1n) is 9.77. The Morgan fingerprint density at radius 2 is 2.00 bits per heavy atom. The number of fused-ring (bicyclic) bond motifs is 1. The molecular weight excluding hydrogens is 356 g/mol. The van der Waals surface area contributed by atoms with Crippen LogP contribution in [0, 0.1) is 6.92 Å². The second-order valence-electron chi connectivity index (χ2n) is 7.23. The maximum atomic E-state index is 12.8. The van der Waals surface area contributed by atoms with E-state index < -0.39 is 0 Å². The molecule has 9 nitrogen and oxygen atoms in total. The molecule has 0 spiro atoms. The Bertz CT molecular complexity index is 1050. The number of likely N-dealkylation sites (tertiary alicyclic amines) is 1. The number of aromatic nitrogens is 6. The lowest BCUT2D eigenvalue weighted by Gasteiger charge is -2.33. The van der Waals surface area contributed by atoms with Crippen molar-refractivity contribution in [3.63, 3.8) is 0 Å². The Morgan fingerprint density at radius 3 is 2.57 bits per heavy atom. The largest absolute Gasteiger partial charge is 0.382 e. The Hall–Kier alpha value is -2.97. The Labute approximate surface area is 163 Å². The first-order valence-corrected chi connectivity index (χ1v) is 9.77. The van der Waals surface area contributed by atoms with Crippen LogP contribution in [0.5, 0.6) is 0 Å². The molecule has 4 heterocycles. The predicted molar refractivity (Wildman–Crippen MR) is 107 cm³/mol. The first-order chi connectivity index (χ1) is 13.5. The normalized spacial score (nSPS) is 15.1. The lowest BCUT2D eigenvalue weighted by Crippen LogP contribution is -2.44. The van der Waals surface area contributed by atoms with Gasteiger partial charge in [-0.2, -0.15) is 5.10 Å². The van der Waals surface area contributed by atoms with Gasteiger partial charge in [-0.3, -0.25) is 9.48 Å². The fraction of sp³-hybridized carbons (Fsp3) is 0.526. The van der Waals surface area contributed by atoms with E-state index >= 15 is 0 Å². The third-order valence-corrected chi connectivity index (χ3v) is 5.59. The van der Waals surface area contributed by atoms with Crippen LogP contribution in [-0.4, -0.2) is 53.2 Å². The average Bonchev–Trinajstić information content (AvgIpc) is 3.15. The van der Waals surface area contributed by atoms with E-state index in [1.54, 1.807) is 0 Å². The molecule has 9 heteroatoms. The number of nitrogens with two attached hydrogens (primary N) is 1. The highest BCUT2D eigenvalue weighted by molar-refractivity contribution is 5.88. The van der Waals surface area contributed by atoms with Gasteiger partial charge in [-0.25, -0.2) is 15.0 Å². The van der Waals surface area contributed by atoms with Crippen LogP contribution < -0.4 is 5.73 Å². The van der Waals surface area contributed by atoms with Crippen molar-refractivity contribution in [2.75, 3.05) is 18.8 Å². The molecule has 1 fully saturated rings. The van der Waals surface area contributed by atoms with Gasteiger partial charge in [0.15, 0.2) is 17.0 Å². The fourth-order valence-electron chi connectivity index (χ4n) is 3.71. The van der Waals surface area contributed by atoms with E-state index in [9.17, 15) is 4.79 Å². The van der Waals surface area contributed by atoms with Crippen molar-refractivity contribution >= 4 is 22.9 Å². The third-order valence-electron chi connectivity index (χ3n) is 5.59. The average molecular weight is 382 g/mol. The quantitative estimate of drug-likeness (QED) is 0.722. The molecule has 1 unspecified atom stereocenters. The van der Waals surface area contributed by atoms with E-state index in [1.807, 2.05) is 41.2 Å². The highest BCUT2D eigenvalue weighted by Gasteiger charge is 2.31. The van der Waals surface area contributed by atoms with Gasteiger partial charge < -0.3 is 15.2 Å². The number of imidazole rings is 1. The summed E-state index contributed by atoms with van der Waals surface area (Å²) >= 11 is 0. The number of hydrogen-bond donors (Lipinski definition) is 1. The number of carbonyl (C=O) groups excluding carboxylic acids is 1. The molecule has 0 radical (unpaired) electrons. The van der Waals surface area contributed by atoms with Gasteiger partial charge in [0.05, 0.1) is 17.7 Å². The maximum absolute atomic E-state index is 12.8. The summed E-state index contributed by atoms with van der Waals surface area (Å²) in [6, 6.07) is 0. The molecule has 1 atom stereocenters. The second kappa shape index (κ2) is 6.88. The van der Waals surface area contributed by atoms with E-state index in [-0.39, 0.29) is 11.8 Å². The molecule has 4 rings (SSSR count). The lowest BCUT2D eigenvalue weighted by molar-refractivity contribution is -0.136. The number of carbonyl (C=O) groups is 1. The maximum Gasteiger partial charge on any atom is 0.233 e. The minimum atomic E-state index is -0.380. The van der Waals surface area contributed by atoms with Crippen molar-refractivity contribution in [1.82, 2.24) is 34.2 Å². The summed E-state index contributed by atoms with van der Waals surface area (Å²) in [6.45, 7) is 8.45. The fourth-order valence-corrected chi connectivity index (χ4v) is 3.71. The highest BCUT2D eigenvalue weighted by atomic mass is 16.2. The molecule has 0 aliphatic carbocycles. The molecule has 0 saturated carbocycles. The summed E-state index contributed by atoms with van der Waals surface area (Å²) in [7, 11) is 1.90. The van der Waals surface area contributed by atoms with Gasteiger partial charge >= 0.3 is 0 Å². The molecule has 1 saturated heterocycles. The van der Waals surface area contributed by atoms with Gasteiger partial charge in [-0.15, -0.1) is 0 Å². The topological polar surface area (TPSA) is 108 Å². The third kappa shape index (κ3) is 2.73. The van der Waals surface area contributed by atoms with Crippen molar-refractivity contribution < 1.29 is 4.79 Å². The van der Waals surface area contributed by atoms with Gasteiger partial charge in [0.25, 0.3) is 0 Å². The Kier molecular flexibility index (Phi) is 4.52. The number of amides is 1. The van der Waals surface area contributed by atoms with Crippen LogP contribution in [-0.2, 0) is 18.4 Å². The summed E-state index contributed by atoms with van der Waals surface area (Å²) < 4.78 is 3.83. The van der Waals surface area contributed by atoms with Gasteiger partial charge in [-0.1, -0.05) is 6.92 Å². The molecule has 3 aromatic rings. The van der Waals surface area contributed by atoms with E-state index in [0.717, 1.165) is 43.1 Å². The SMILES string of the molecule is CCC(C(=O)N1CCC1)c1nc(N)c2nc(-c3cnn(CC)c3C)n(C)c2n1. The molecule has 148 valence electrons. The molecule has 0 bridgehead atoms. The summed E-state index contributed by atoms with van der Waals surface area (Å²) in [4.78, 5) is 28.5. The number of nitrogens with zero attached hydrogens (tertiary/aromatic N) is 7. The zero-order valence-electron chi connectivity index (χ0n) is 16.8. The van der Waals surface area contributed by atoms with Gasteiger partial charge in [0.1, 0.15) is 11.6 Å². The minimum absolute atomic E-state index is 0.0787.